The van der Waals surface area contributed by atoms with Gasteiger partial charge in [0.1, 0.15) is 0 Å². The number of pyridine rings is 1. The Bertz CT molecular complexity index is 703. The van der Waals surface area contributed by atoms with Gasteiger partial charge in [-0.15, -0.1) is 11.3 Å². The van der Waals surface area contributed by atoms with E-state index in [9.17, 15) is 0 Å². The summed E-state index contributed by atoms with van der Waals surface area (Å²) in [7, 11) is 2.07. The van der Waals surface area contributed by atoms with E-state index < -0.39 is 0 Å². The van der Waals surface area contributed by atoms with Crippen LogP contribution < -0.4 is 10.2 Å². The third-order valence-corrected chi connectivity index (χ3v) is 4.13. The summed E-state index contributed by atoms with van der Waals surface area (Å²) in [6, 6.07) is 5.99. The second kappa shape index (κ2) is 6.24. The Kier molecular flexibility index (Phi) is 4.17. The van der Waals surface area contributed by atoms with Gasteiger partial charge in [-0.1, -0.05) is 13.0 Å². The molecule has 0 radical (unpaired) electrons. The third-order valence-electron chi connectivity index (χ3n) is 3.37. The fraction of sp³-hybridized carbons (Fsp3) is 0.333. The van der Waals surface area contributed by atoms with E-state index in [1.165, 1.54) is 5.69 Å². The number of fused-ring (bicyclic) bond motifs is 1. The van der Waals surface area contributed by atoms with Gasteiger partial charge in [0, 0.05) is 31.4 Å². The van der Waals surface area contributed by atoms with E-state index in [1.807, 2.05) is 24.4 Å². The number of rotatable bonds is 6. The van der Waals surface area contributed by atoms with Crippen molar-refractivity contribution in [2.75, 3.05) is 18.5 Å². The maximum absolute atomic E-state index is 4.76. The maximum atomic E-state index is 4.76. The molecular weight excluding hydrogens is 282 g/mol. The Morgan fingerprint density at radius 3 is 3.05 bits per heavy atom. The Labute approximate surface area is 128 Å². The highest BCUT2D eigenvalue weighted by Crippen LogP contribution is 2.24. The summed E-state index contributed by atoms with van der Waals surface area (Å²) in [5.74, 6) is 1.02. The summed E-state index contributed by atoms with van der Waals surface area (Å²) < 4.78 is 2.16. The molecule has 110 valence electrons. The van der Waals surface area contributed by atoms with Crippen molar-refractivity contribution in [2.45, 2.75) is 20.0 Å². The van der Waals surface area contributed by atoms with Crippen LogP contribution in [-0.4, -0.2) is 28.0 Å². The van der Waals surface area contributed by atoms with Crippen molar-refractivity contribution in [1.29, 1.82) is 0 Å². The van der Waals surface area contributed by atoms with Crippen LogP contribution in [0.5, 0.6) is 0 Å². The lowest BCUT2D eigenvalue weighted by Gasteiger charge is -2.18. The van der Waals surface area contributed by atoms with Gasteiger partial charge in [0.15, 0.2) is 10.8 Å². The van der Waals surface area contributed by atoms with Crippen LogP contribution in [0, 0.1) is 0 Å². The summed E-state index contributed by atoms with van der Waals surface area (Å²) in [6.07, 6.45) is 3.91. The molecule has 0 saturated carbocycles. The van der Waals surface area contributed by atoms with Crippen molar-refractivity contribution >= 4 is 22.1 Å². The van der Waals surface area contributed by atoms with E-state index in [1.54, 1.807) is 11.3 Å². The van der Waals surface area contributed by atoms with E-state index >= 15 is 0 Å². The number of anilines is 1. The van der Waals surface area contributed by atoms with Crippen molar-refractivity contribution in [3.8, 4) is 0 Å². The molecule has 0 aliphatic heterocycles. The molecule has 3 heterocycles. The lowest BCUT2D eigenvalue weighted by atomic mass is 10.3. The summed E-state index contributed by atoms with van der Waals surface area (Å²) >= 11 is 1.66. The fourth-order valence-electron chi connectivity index (χ4n) is 2.34. The Balaban J connectivity index is 1.89. The van der Waals surface area contributed by atoms with Gasteiger partial charge in [0.2, 0.25) is 0 Å². The smallest absolute Gasteiger partial charge is 0.195 e. The number of thiazole rings is 1. The monoisotopic (exact) mass is 301 g/mol. The average Bonchev–Trinajstić information content (AvgIpc) is 3.07. The van der Waals surface area contributed by atoms with Gasteiger partial charge in [-0.05, 0) is 18.7 Å². The zero-order chi connectivity index (χ0) is 14.7. The predicted molar refractivity (Wildman–Crippen MR) is 86.8 cm³/mol. The van der Waals surface area contributed by atoms with Crippen molar-refractivity contribution in [2.24, 2.45) is 0 Å². The van der Waals surface area contributed by atoms with Crippen LogP contribution >= 0.6 is 11.3 Å². The summed E-state index contributed by atoms with van der Waals surface area (Å²) in [6.45, 7) is 4.63. The first-order valence-electron chi connectivity index (χ1n) is 7.05. The highest BCUT2D eigenvalue weighted by atomic mass is 32.1. The minimum atomic E-state index is 0.755. The maximum Gasteiger partial charge on any atom is 0.195 e. The second-order valence-corrected chi connectivity index (χ2v) is 5.77. The van der Waals surface area contributed by atoms with E-state index in [2.05, 4.69) is 45.1 Å². The highest BCUT2D eigenvalue weighted by Gasteiger charge is 2.16. The number of nitrogens with zero attached hydrogens (tertiary/aromatic N) is 4. The van der Waals surface area contributed by atoms with Gasteiger partial charge in [0.25, 0.3) is 0 Å². The number of hydrogen-bond donors (Lipinski definition) is 1. The predicted octanol–water partition coefficient (Wildman–Crippen LogP) is 2.54. The van der Waals surface area contributed by atoms with Gasteiger partial charge in [-0.3, -0.25) is 9.38 Å². The number of imidazole rings is 1. The molecule has 0 saturated heterocycles. The Morgan fingerprint density at radius 2 is 2.29 bits per heavy atom. The molecule has 1 N–H and O–H groups in total. The first-order valence-corrected chi connectivity index (χ1v) is 7.93. The SMILES string of the molecule is CCNCc1c(N(C)Cc2ccccn2)nc2sccn12. The molecule has 5 nitrogen and oxygen atoms in total. The van der Waals surface area contributed by atoms with Crippen LogP contribution in [0.1, 0.15) is 18.3 Å². The zero-order valence-corrected chi connectivity index (χ0v) is 13.1. The normalized spacial score (nSPS) is 11.1. The van der Waals surface area contributed by atoms with Crippen LogP contribution in [0.3, 0.4) is 0 Å². The standard InChI is InChI=1S/C15H19N5S/c1-3-16-10-13-14(18-15-20(13)8-9-21-15)19(2)11-12-6-4-5-7-17-12/h4-9,16H,3,10-11H2,1-2H3. The largest absolute Gasteiger partial charge is 0.352 e. The molecule has 6 heteroatoms. The van der Waals surface area contributed by atoms with Crippen LogP contribution in [-0.2, 0) is 13.1 Å². The molecule has 0 aliphatic rings. The Hall–Kier alpha value is -1.92. The molecule has 3 rings (SSSR count). The average molecular weight is 301 g/mol. The molecular formula is C15H19N5S. The molecule has 0 spiro atoms. The van der Waals surface area contributed by atoms with E-state index in [-0.39, 0.29) is 0 Å². The molecule has 0 aliphatic carbocycles. The first-order chi connectivity index (χ1) is 10.3. The lowest BCUT2D eigenvalue weighted by molar-refractivity contribution is 0.701. The molecule has 0 unspecified atom stereocenters. The van der Waals surface area contributed by atoms with Gasteiger partial charge < -0.3 is 10.2 Å². The van der Waals surface area contributed by atoms with Crippen LogP contribution in [0.4, 0.5) is 5.82 Å². The van der Waals surface area contributed by atoms with Gasteiger partial charge in [0.05, 0.1) is 17.9 Å². The summed E-state index contributed by atoms with van der Waals surface area (Å²) in [5, 5.41) is 5.46. The third kappa shape index (κ3) is 2.91. The van der Waals surface area contributed by atoms with E-state index in [0.29, 0.717) is 0 Å². The van der Waals surface area contributed by atoms with Gasteiger partial charge in [-0.25, -0.2) is 4.98 Å². The summed E-state index contributed by atoms with van der Waals surface area (Å²) in [4.78, 5) is 12.3. The number of aromatic nitrogens is 3. The molecule has 0 aromatic carbocycles. The minimum absolute atomic E-state index is 0.755. The van der Waals surface area contributed by atoms with Crippen LogP contribution in [0.2, 0.25) is 0 Å². The van der Waals surface area contributed by atoms with Crippen molar-refractivity contribution in [3.63, 3.8) is 0 Å². The highest BCUT2D eigenvalue weighted by molar-refractivity contribution is 7.15. The van der Waals surface area contributed by atoms with Gasteiger partial charge in [-0.2, -0.15) is 0 Å². The molecule has 21 heavy (non-hydrogen) atoms. The molecule has 3 aromatic rings. The van der Waals surface area contributed by atoms with Crippen molar-refractivity contribution in [1.82, 2.24) is 19.7 Å². The summed E-state index contributed by atoms with van der Waals surface area (Å²) in [5.41, 5.74) is 2.25. The van der Waals surface area contributed by atoms with E-state index in [4.69, 9.17) is 4.98 Å². The quantitative estimate of drug-likeness (QED) is 0.760. The number of hydrogen-bond acceptors (Lipinski definition) is 5. The van der Waals surface area contributed by atoms with Crippen LogP contribution in [0.15, 0.2) is 36.0 Å². The minimum Gasteiger partial charge on any atom is -0.352 e. The van der Waals surface area contributed by atoms with Crippen molar-refractivity contribution in [3.05, 3.63) is 47.4 Å². The number of nitrogens with one attached hydrogen (secondary N) is 1. The fourth-order valence-corrected chi connectivity index (χ4v) is 3.07. The molecule has 3 aromatic heterocycles. The molecule has 0 bridgehead atoms. The molecule has 0 amide bonds. The van der Waals surface area contributed by atoms with Crippen LogP contribution in [0.25, 0.3) is 4.96 Å². The van der Waals surface area contributed by atoms with Crippen molar-refractivity contribution < 1.29 is 0 Å². The van der Waals surface area contributed by atoms with E-state index in [0.717, 1.165) is 36.1 Å². The second-order valence-electron chi connectivity index (χ2n) is 4.90. The lowest BCUT2D eigenvalue weighted by Crippen LogP contribution is -2.21. The topological polar surface area (TPSA) is 45.5 Å². The first kappa shape index (κ1) is 14.0. The molecule has 0 fully saturated rings. The Morgan fingerprint density at radius 1 is 1.38 bits per heavy atom. The zero-order valence-electron chi connectivity index (χ0n) is 12.3. The molecule has 0 atom stereocenters. The van der Waals surface area contributed by atoms with Gasteiger partial charge >= 0.3 is 0 Å².